The van der Waals surface area contributed by atoms with Crippen LogP contribution in [0.25, 0.3) is 0 Å². The maximum absolute atomic E-state index is 3.60. The van der Waals surface area contributed by atoms with E-state index in [4.69, 9.17) is 0 Å². The fourth-order valence-corrected chi connectivity index (χ4v) is 2.74. The smallest absolute Gasteiger partial charge is 0.00147 e. The Labute approximate surface area is 113 Å². The Morgan fingerprint density at radius 2 is 1.61 bits per heavy atom. The molecule has 0 aliphatic rings. The van der Waals surface area contributed by atoms with Crippen LogP contribution in [0.2, 0.25) is 0 Å². The van der Waals surface area contributed by atoms with Crippen molar-refractivity contribution < 1.29 is 0 Å². The second-order valence-corrected chi connectivity index (χ2v) is 5.23. The minimum Gasteiger partial charge on any atom is -0.316 e. The lowest BCUT2D eigenvalue weighted by molar-refractivity contribution is 0.298. The van der Waals surface area contributed by atoms with E-state index >= 15 is 0 Å². The lowest BCUT2D eigenvalue weighted by Gasteiger charge is -2.26. The van der Waals surface area contributed by atoms with Crippen LogP contribution in [0.4, 0.5) is 0 Å². The van der Waals surface area contributed by atoms with Crippen LogP contribution in [0.15, 0.2) is 30.3 Å². The molecule has 0 aliphatic carbocycles. The van der Waals surface area contributed by atoms with Gasteiger partial charge < -0.3 is 5.32 Å². The first kappa shape index (κ1) is 15.2. The molecule has 0 bridgehead atoms. The van der Waals surface area contributed by atoms with Crippen molar-refractivity contribution in [2.45, 2.75) is 46.5 Å². The van der Waals surface area contributed by atoms with Crippen LogP contribution in [-0.2, 0) is 6.42 Å². The van der Waals surface area contributed by atoms with Crippen molar-refractivity contribution in [3.05, 3.63) is 35.9 Å². The van der Waals surface area contributed by atoms with Gasteiger partial charge >= 0.3 is 0 Å². The topological polar surface area (TPSA) is 12.0 Å². The molecule has 1 atom stereocenters. The van der Waals surface area contributed by atoms with E-state index in [0.717, 1.165) is 24.9 Å². The predicted octanol–water partition coefficient (Wildman–Crippen LogP) is 4.28. The van der Waals surface area contributed by atoms with Gasteiger partial charge in [0.15, 0.2) is 0 Å². The third kappa shape index (κ3) is 5.22. The lowest BCUT2D eigenvalue weighted by atomic mass is 9.83. The van der Waals surface area contributed by atoms with E-state index in [-0.39, 0.29) is 0 Å². The first-order valence-electron chi connectivity index (χ1n) is 7.56. The molecule has 0 aromatic heterocycles. The molecule has 1 N–H and O–H groups in total. The molecule has 0 saturated heterocycles. The molecule has 0 heterocycles. The van der Waals surface area contributed by atoms with E-state index in [1.54, 1.807) is 0 Å². The zero-order valence-electron chi connectivity index (χ0n) is 12.3. The molecule has 1 aromatic carbocycles. The second kappa shape index (κ2) is 9.16. The third-order valence-electron chi connectivity index (χ3n) is 3.89. The van der Waals surface area contributed by atoms with Crippen LogP contribution in [0.3, 0.4) is 0 Å². The monoisotopic (exact) mass is 247 g/mol. The second-order valence-electron chi connectivity index (χ2n) is 5.23. The summed E-state index contributed by atoms with van der Waals surface area (Å²) in [5.41, 5.74) is 1.48. The minimum absolute atomic E-state index is 0.772. The number of nitrogens with one attached hydrogen (secondary N) is 1. The van der Waals surface area contributed by atoms with E-state index in [2.05, 4.69) is 56.4 Å². The summed E-state index contributed by atoms with van der Waals surface area (Å²) in [5, 5.41) is 3.60. The van der Waals surface area contributed by atoms with Gasteiger partial charge in [-0.25, -0.2) is 0 Å². The van der Waals surface area contributed by atoms with Gasteiger partial charge in [-0.3, -0.25) is 0 Å². The van der Waals surface area contributed by atoms with Gasteiger partial charge in [0.25, 0.3) is 0 Å². The summed E-state index contributed by atoms with van der Waals surface area (Å²) < 4.78 is 0. The van der Waals surface area contributed by atoms with E-state index in [9.17, 15) is 0 Å². The molecule has 0 aliphatic heterocycles. The maximum Gasteiger partial charge on any atom is -0.00147 e. The first-order chi connectivity index (χ1) is 8.81. The maximum atomic E-state index is 3.60. The molecule has 0 amide bonds. The normalized spacial score (nSPS) is 12.9. The molecular formula is C17H29N. The highest BCUT2D eigenvalue weighted by molar-refractivity contribution is 5.15. The molecule has 1 nitrogen and oxygen atoms in total. The fraction of sp³-hybridized carbons (Fsp3) is 0.647. The first-order valence-corrected chi connectivity index (χ1v) is 7.56. The van der Waals surface area contributed by atoms with Gasteiger partial charge in [0, 0.05) is 0 Å². The van der Waals surface area contributed by atoms with Crippen LogP contribution >= 0.6 is 0 Å². The van der Waals surface area contributed by atoms with Crippen molar-refractivity contribution in [3.63, 3.8) is 0 Å². The number of hydrogen-bond donors (Lipinski definition) is 1. The van der Waals surface area contributed by atoms with Crippen LogP contribution in [0.1, 0.15) is 45.6 Å². The zero-order chi connectivity index (χ0) is 13.2. The molecule has 1 heteroatoms. The molecule has 0 spiro atoms. The van der Waals surface area contributed by atoms with Crippen molar-refractivity contribution in [2.75, 3.05) is 13.1 Å². The Kier molecular flexibility index (Phi) is 7.75. The fourth-order valence-electron chi connectivity index (χ4n) is 2.74. The average molecular weight is 247 g/mol. The quantitative estimate of drug-likeness (QED) is 0.642. The van der Waals surface area contributed by atoms with Crippen molar-refractivity contribution >= 4 is 0 Å². The van der Waals surface area contributed by atoms with Gasteiger partial charge in [-0.1, -0.05) is 63.9 Å². The number of rotatable bonds is 9. The summed E-state index contributed by atoms with van der Waals surface area (Å²) >= 11 is 0. The molecule has 18 heavy (non-hydrogen) atoms. The van der Waals surface area contributed by atoms with Gasteiger partial charge in [0.2, 0.25) is 0 Å². The minimum atomic E-state index is 0.772. The zero-order valence-corrected chi connectivity index (χ0v) is 12.3. The summed E-state index contributed by atoms with van der Waals surface area (Å²) in [6, 6.07) is 10.9. The summed E-state index contributed by atoms with van der Waals surface area (Å²) in [5.74, 6) is 1.61. The van der Waals surface area contributed by atoms with Crippen molar-refractivity contribution in [1.29, 1.82) is 0 Å². The Bertz CT molecular complexity index is 290. The molecule has 1 unspecified atom stereocenters. The largest absolute Gasteiger partial charge is 0.316 e. The highest BCUT2D eigenvalue weighted by Gasteiger charge is 2.18. The molecule has 1 rings (SSSR count). The van der Waals surface area contributed by atoms with Crippen molar-refractivity contribution in [2.24, 2.45) is 11.8 Å². The summed E-state index contributed by atoms with van der Waals surface area (Å²) in [6.45, 7) is 9.19. The SMILES string of the molecule is CCCNCC(Cc1ccccc1)C(CC)CC. The standard InChI is InChI=1S/C17H29N/c1-4-12-18-14-17(16(5-2)6-3)13-15-10-8-7-9-11-15/h7-11,16-18H,4-6,12-14H2,1-3H3. The van der Waals surface area contributed by atoms with Gasteiger partial charge in [-0.2, -0.15) is 0 Å². The molecule has 0 fully saturated rings. The van der Waals surface area contributed by atoms with E-state index in [0.29, 0.717) is 0 Å². The van der Waals surface area contributed by atoms with Gasteiger partial charge in [-0.05, 0) is 43.3 Å². The molecule has 102 valence electrons. The summed E-state index contributed by atoms with van der Waals surface area (Å²) in [4.78, 5) is 0. The molecular weight excluding hydrogens is 218 g/mol. The Morgan fingerprint density at radius 1 is 0.944 bits per heavy atom. The van der Waals surface area contributed by atoms with Crippen LogP contribution < -0.4 is 5.32 Å². The highest BCUT2D eigenvalue weighted by atomic mass is 14.9. The van der Waals surface area contributed by atoms with E-state index in [1.807, 2.05) is 0 Å². The van der Waals surface area contributed by atoms with Gasteiger partial charge in [-0.15, -0.1) is 0 Å². The van der Waals surface area contributed by atoms with Crippen LogP contribution in [0, 0.1) is 11.8 Å². The van der Waals surface area contributed by atoms with Crippen LogP contribution in [0.5, 0.6) is 0 Å². The van der Waals surface area contributed by atoms with Gasteiger partial charge in [0.05, 0.1) is 0 Å². The highest BCUT2D eigenvalue weighted by Crippen LogP contribution is 2.23. The van der Waals surface area contributed by atoms with E-state index < -0.39 is 0 Å². The van der Waals surface area contributed by atoms with Crippen LogP contribution in [-0.4, -0.2) is 13.1 Å². The van der Waals surface area contributed by atoms with Gasteiger partial charge in [0.1, 0.15) is 0 Å². The lowest BCUT2D eigenvalue weighted by Crippen LogP contribution is -2.30. The Balaban J connectivity index is 2.58. The van der Waals surface area contributed by atoms with Crippen molar-refractivity contribution in [3.8, 4) is 0 Å². The number of benzene rings is 1. The molecule has 0 radical (unpaired) electrons. The predicted molar refractivity (Wildman–Crippen MR) is 80.9 cm³/mol. The third-order valence-corrected chi connectivity index (χ3v) is 3.89. The Hall–Kier alpha value is -0.820. The average Bonchev–Trinajstić information content (AvgIpc) is 2.41. The molecule has 1 aromatic rings. The van der Waals surface area contributed by atoms with Crippen molar-refractivity contribution in [1.82, 2.24) is 5.32 Å². The summed E-state index contributed by atoms with van der Waals surface area (Å²) in [7, 11) is 0. The molecule has 0 saturated carbocycles. The van der Waals surface area contributed by atoms with E-state index in [1.165, 1.54) is 31.2 Å². The number of hydrogen-bond acceptors (Lipinski definition) is 1. The summed E-state index contributed by atoms with van der Waals surface area (Å²) in [6.07, 6.45) is 5.02. The Morgan fingerprint density at radius 3 is 2.17 bits per heavy atom.